The summed E-state index contributed by atoms with van der Waals surface area (Å²) in [7, 11) is 4.01. The molecule has 1 aliphatic rings. The Balaban J connectivity index is 2.72. The molecule has 1 nitrogen and oxygen atoms in total. The van der Waals surface area contributed by atoms with Gasteiger partial charge in [-0.2, -0.15) is 0 Å². The van der Waals surface area contributed by atoms with Crippen molar-refractivity contribution in [3.05, 3.63) is 29.3 Å². The van der Waals surface area contributed by atoms with E-state index in [2.05, 4.69) is 87.4 Å². The first-order chi connectivity index (χ1) is 9.99. The average molecular weight is 317 g/mol. The minimum Gasteiger partial charge on any atom is -0.335 e. The Morgan fingerprint density at radius 1 is 0.955 bits per heavy atom. The molecule has 0 bridgehead atoms. The Labute approximate surface area is 139 Å². The van der Waals surface area contributed by atoms with Gasteiger partial charge in [-0.25, -0.2) is 0 Å². The monoisotopic (exact) mass is 317 g/mol. The van der Waals surface area contributed by atoms with Crippen LogP contribution in [0.5, 0.6) is 0 Å². The van der Waals surface area contributed by atoms with E-state index >= 15 is 0 Å². The van der Waals surface area contributed by atoms with Crippen LogP contribution in [0, 0.1) is 5.41 Å². The van der Waals surface area contributed by atoms with Crippen molar-refractivity contribution >= 4 is 20.0 Å². The second-order valence-corrected chi connectivity index (χ2v) is 9.13. The van der Waals surface area contributed by atoms with Gasteiger partial charge in [0, 0.05) is 22.1 Å². The number of anilines is 1. The standard InChI is InChI=1S/C20H32NP/c1-13(2)15-10-9-11-16(14(3)4)17(15)21-18(22)19(5,6)12-20(21,7)8/h9-11,13-14,22H,12H2,1-8H3. The summed E-state index contributed by atoms with van der Waals surface area (Å²) in [4.78, 5) is 2.56. The minimum absolute atomic E-state index is 0.120. The summed E-state index contributed by atoms with van der Waals surface area (Å²) < 4.78 is 0. The highest BCUT2D eigenvalue weighted by Crippen LogP contribution is 2.49. The Kier molecular flexibility index (Phi) is 4.53. The van der Waals surface area contributed by atoms with Crippen molar-refractivity contribution < 1.29 is 0 Å². The molecule has 0 N–H and O–H groups in total. The van der Waals surface area contributed by atoms with Gasteiger partial charge in [0.15, 0.2) is 0 Å². The van der Waals surface area contributed by atoms with Gasteiger partial charge >= 0.3 is 0 Å². The molecule has 1 fully saturated rings. The van der Waals surface area contributed by atoms with Crippen molar-refractivity contribution in [2.24, 2.45) is 5.41 Å². The molecule has 1 aromatic rings. The van der Waals surface area contributed by atoms with Gasteiger partial charge in [-0.1, -0.05) is 68.6 Å². The molecular formula is C20H32NP. The highest BCUT2D eigenvalue weighted by molar-refractivity contribution is 7.22. The van der Waals surface area contributed by atoms with Crippen molar-refractivity contribution in [2.45, 2.75) is 79.2 Å². The molecule has 0 atom stereocenters. The maximum atomic E-state index is 4.01. The predicted molar refractivity (Wildman–Crippen MR) is 103 cm³/mol. The van der Waals surface area contributed by atoms with E-state index in [9.17, 15) is 0 Å². The largest absolute Gasteiger partial charge is 0.335 e. The normalized spacial score (nSPS) is 20.3. The van der Waals surface area contributed by atoms with Gasteiger partial charge in [0.25, 0.3) is 0 Å². The molecule has 0 amide bonds. The molecule has 122 valence electrons. The van der Waals surface area contributed by atoms with E-state index in [0.717, 1.165) is 6.42 Å². The lowest BCUT2D eigenvalue weighted by molar-refractivity contribution is 0.405. The van der Waals surface area contributed by atoms with Crippen LogP contribution in [0.25, 0.3) is 0 Å². The first-order valence-electron chi connectivity index (χ1n) is 8.51. The highest BCUT2D eigenvalue weighted by atomic mass is 31.0. The molecule has 1 heterocycles. The smallest absolute Gasteiger partial charge is 0.0486 e. The van der Waals surface area contributed by atoms with E-state index in [-0.39, 0.29) is 11.0 Å². The molecule has 0 aliphatic carbocycles. The van der Waals surface area contributed by atoms with Crippen molar-refractivity contribution in [2.75, 3.05) is 4.90 Å². The molecule has 0 spiro atoms. The molecule has 2 rings (SSSR count). The maximum absolute atomic E-state index is 4.01. The number of hydrogen-bond donors (Lipinski definition) is 0. The van der Waals surface area contributed by atoms with Gasteiger partial charge in [-0.05, 0) is 43.2 Å². The molecule has 1 aromatic carbocycles. The molecule has 1 aliphatic heterocycles. The molecule has 0 saturated carbocycles. The second kappa shape index (κ2) is 5.68. The van der Waals surface area contributed by atoms with Crippen molar-refractivity contribution in [3.63, 3.8) is 0 Å². The fourth-order valence-electron chi connectivity index (χ4n) is 4.03. The van der Waals surface area contributed by atoms with E-state index in [1.807, 2.05) is 0 Å². The molecular weight excluding hydrogens is 285 g/mol. The summed E-state index contributed by atoms with van der Waals surface area (Å²) in [5, 5.41) is 0. The molecule has 0 aromatic heterocycles. The molecule has 0 radical (unpaired) electrons. The van der Waals surface area contributed by atoms with Crippen LogP contribution in [0.2, 0.25) is 0 Å². The van der Waals surface area contributed by atoms with Crippen LogP contribution in [0.1, 0.15) is 84.8 Å². The number of rotatable bonds is 3. The van der Waals surface area contributed by atoms with E-state index < -0.39 is 0 Å². The minimum atomic E-state index is 0.120. The molecule has 2 heteroatoms. The number of para-hydroxylation sites is 1. The summed E-state index contributed by atoms with van der Waals surface area (Å²) in [5.41, 5.74) is 5.94. The van der Waals surface area contributed by atoms with Gasteiger partial charge in [0.1, 0.15) is 0 Å². The van der Waals surface area contributed by atoms with E-state index in [4.69, 9.17) is 0 Å². The number of nitrogens with zero attached hydrogens (tertiary/aromatic N) is 1. The van der Waals surface area contributed by atoms with Crippen LogP contribution in [-0.4, -0.2) is 11.0 Å². The highest BCUT2D eigenvalue weighted by Gasteiger charge is 2.48. The lowest BCUT2D eigenvalue weighted by Crippen LogP contribution is -2.42. The molecule has 22 heavy (non-hydrogen) atoms. The summed E-state index contributed by atoms with van der Waals surface area (Å²) in [6, 6.07) is 6.81. The summed E-state index contributed by atoms with van der Waals surface area (Å²) in [6.45, 7) is 18.6. The van der Waals surface area contributed by atoms with Crippen molar-refractivity contribution in [3.8, 4) is 0 Å². The summed E-state index contributed by atoms with van der Waals surface area (Å²) in [5.74, 6) is 1.04. The Hall–Kier alpha value is -0.810. The zero-order valence-corrected chi connectivity index (χ0v) is 16.5. The van der Waals surface area contributed by atoms with E-state index in [1.165, 1.54) is 22.2 Å². The third kappa shape index (κ3) is 2.85. The first-order valence-corrected chi connectivity index (χ1v) is 9.01. The maximum Gasteiger partial charge on any atom is 0.0486 e. The SMILES string of the molecule is CC(C)c1cccc(C(C)C)c1N1C(=P)C(C)(C)CC1(C)C. The van der Waals surface area contributed by atoms with Gasteiger partial charge in [-0.15, -0.1) is 0 Å². The summed E-state index contributed by atoms with van der Waals surface area (Å²) >= 11 is 0. The van der Waals surface area contributed by atoms with E-state index in [0.29, 0.717) is 11.8 Å². The quantitative estimate of drug-likeness (QED) is 0.598. The zero-order valence-electron chi connectivity index (χ0n) is 15.5. The Morgan fingerprint density at radius 3 is 1.73 bits per heavy atom. The van der Waals surface area contributed by atoms with Gasteiger partial charge in [0.2, 0.25) is 0 Å². The average Bonchev–Trinajstić information content (AvgIpc) is 2.52. The van der Waals surface area contributed by atoms with Crippen molar-refractivity contribution in [1.82, 2.24) is 0 Å². The van der Waals surface area contributed by atoms with Crippen LogP contribution < -0.4 is 4.90 Å². The molecule has 1 saturated heterocycles. The van der Waals surface area contributed by atoms with Crippen LogP contribution >= 0.6 is 8.86 Å². The van der Waals surface area contributed by atoms with Crippen LogP contribution in [0.15, 0.2) is 18.2 Å². The van der Waals surface area contributed by atoms with Crippen LogP contribution in [0.3, 0.4) is 0 Å². The van der Waals surface area contributed by atoms with E-state index in [1.54, 1.807) is 0 Å². The fourth-order valence-corrected chi connectivity index (χ4v) is 4.54. The topological polar surface area (TPSA) is 3.24 Å². The van der Waals surface area contributed by atoms with Crippen molar-refractivity contribution in [1.29, 1.82) is 0 Å². The van der Waals surface area contributed by atoms with Crippen LogP contribution in [0.4, 0.5) is 5.69 Å². The Morgan fingerprint density at radius 2 is 1.41 bits per heavy atom. The van der Waals surface area contributed by atoms with Gasteiger partial charge in [0.05, 0.1) is 0 Å². The summed E-state index contributed by atoms with van der Waals surface area (Å²) in [6.07, 6.45) is 1.16. The lowest BCUT2D eigenvalue weighted by atomic mass is 9.85. The van der Waals surface area contributed by atoms with Gasteiger partial charge in [-0.3, -0.25) is 0 Å². The molecule has 0 unspecified atom stereocenters. The zero-order chi connectivity index (χ0) is 16.9. The van der Waals surface area contributed by atoms with Crippen LogP contribution in [-0.2, 0) is 0 Å². The lowest BCUT2D eigenvalue weighted by Gasteiger charge is -2.38. The number of benzene rings is 1. The third-order valence-corrected chi connectivity index (χ3v) is 5.81. The Bertz CT molecular complexity index is 555. The predicted octanol–water partition coefficient (Wildman–Crippen LogP) is 6.22. The van der Waals surface area contributed by atoms with Gasteiger partial charge < -0.3 is 4.90 Å². The number of hydrogen-bond acceptors (Lipinski definition) is 0. The second-order valence-electron chi connectivity index (χ2n) is 8.65. The third-order valence-electron chi connectivity index (χ3n) is 4.91. The fraction of sp³-hybridized carbons (Fsp3) is 0.650. The first kappa shape index (κ1) is 17.5.